The van der Waals surface area contributed by atoms with Gasteiger partial charge in [0, 0.05) is 24.6 Å². The molecule has 5 heteroatoms. The average Bonchev–Trinajstić information content (AvgIpc) is 2.40. The summed E-state index contributed by atoms with van der Waals surface area (Å²) in [6, 6.07) is 3.93. The number of likely N-dealkylation sites (tertiary alicyclic amines) is 1. The molecule has 1 heterocycles. The molecule has 1 saturated heterocycles. The van der Waals surface area contributed by atoms with E-state index in [1.54, 1.807) is 4.90 Å². The molecule has 1 aromatic carbocycles. The molecule has 1 N–H and O–H groups in total. The van der Waals surface area contributed by atoms with Gasteiger partial charge in [-0.25, -0.2) is 9.18 Å². The lowest BCUT2D eigenvalue weighted by Gasteiger charge is -2.34. The van der Waals surface area contributed by atoms with Gasteiger partial charge in [-0.15, -0.1) is 0 Å². The van der Waals surface area contributed by atoms with Crippen LogP contribution in [-0.4, -0.2) is 34.8 Å². The summed E-state index contributed by atoms with van der Waals surface area (Å²) < 4.78 is 18.7. The molecule has 2 rings (SSSR count). The minimum atomic E-state index is -0.537. The Morgan fingerprint density at radius 3 is 2.81 bits per heavy atom. The zero-order valence-corrected chi connectivity index (χ0v) is 12.7. The summed E-state index contributed by atoms with van der Waals surface area (Å²) in [5.41, 5.74) is 0.0219. The number of piperidine rings is 1. The molecule has 1 amide bonds. The van der Waals surface area contributed by atoms with Crippen molar-refractivity contribution in [2.75, 3.05) is 13.1 Å². The highest BCUT2D eigenvalue weighted by Gasteiger charge is 2.29. The van der Waals surface area contributed by atoms with Crippen molar-refractivity contribution in [2.45, 2.75) is 45.1 Å². The molecular formula is C16H22FNO3. The van der Waals surface area contributed by atoms with Crippen molar-refractivity contribution >= 4 is 6.09 Å². The molecule has 1 aliphatic rings. The van der Waals surface area contributed by atoms with E-state index < -0.39 is 5.60 Å². The molecule has 1 aromatic rings. The number of aromatic hydroxyl groups is 1. The Morgan fingerprint density at radius 2 is 2.14 bits per heavy atom. The molecule has 0 saturated carbocycles. The Hall–Kier alpha value is -1.78. The van der Waals surface area contributed by atoms with Crippen molar-refractivity contribution in [3.63, 3.8) is 0 Å². The van der Waals surface area contributed by atoms with Gasteiger partial charge in [0.1, 0.15) is 17.2 Å². The second kappa shape index (κ2) is 5.92. The van der Waals surface area contributed by atoms with Crippen LogP contribution in [-0.2, 0) is 4.74 Å². The number of phenols is 1. The van der Waals surface area contributed by atoms with Crippen LogP contribution in [0.2, 0.25) is 0 Å². The highest BCUT2D eigenvalue weighted by atomic mass is 19.1. The summed E-state index contributed by atoms with van der Waals surface area (Å²) in [6.07, 6.45) is 1.26. The lowest BCUT2D eigenvalue weighted by Crippen LogP contribution is -2.42. The van der Waals surface area contributed by atoms with Gasteiger partial charge in [0.25, 0.3) is 0 Å². The standard InChI is InChI=1S/C16H22FNO3/c1-16(2,3)21-15(20)18-8-4-5-11(10-18)13-9-12(17)6-7-14(13)19/h6-7,9,11,19H,4-5,8,10H2,1-3H3. The van der Waals surface area contributed by atoms with Crippen molar-refractivity contribution in [3.05, 3.63) is 29.6 Å². The molecular weight excluding hydrogens is 273 g/mol. The lowest BCUT2D eigenvalue weighted by atomic mass is 9.90. The third-order valence-corrected chi connectivity index (χ3v) is 3.50. The van der Waals surface area contributed by atoms with Crippen LogP contribution in [0.15, 0.2) is 18.2 Å². The van der Waals surface area contributed by atoms with Crippen LogP contribution in [0.4, 0.5) is 9.18 Å². The normalized spacial score (nSPS) is 19.4. The first-order chi connectivity index (χ1) is 9.76. The summed E-state index contributed by atoms with van der Waals surface area (Å²) in [7, 11) is 0. The molecule has 0 bridgehead atoms. The predicted molar refractivity (Wildman–Crippen MR) is 77.8 cm³/mol. The van der Waals surface area contributed by atoms with Crippen molar-refractivity contribution in [2.24, 2.45) is 0 Å². The number of carbonyl (C=O) groups excluding carboxylic acids is 1. The first-order valence-corrected chi connectivity index (χ1v) is 7.22. The Labute approximate surface area is 124 Å². The fraction of sp³-hybridized carbons (Fsp3) is 0.562. The molecule has 1 unspecified atom stereocenters. The molecule has 1 atom stereocenters. The molecule has 1 aliphatic heterocycles. The summed E-state index contributed by atoms with van der Waals surface area (Å²) in [5.74, 6) is -0.369. The second-order valence-electron chi connectivity index (χ2n) is 6.47. The number of phenolic OH excluding ortho intramolecular Hbond substituents is 1. The number of nitrogens with zero attached hydrogens (tertiary/aromatic N) is 1. The van der Waals surface area contributed by atoms with Crippen molar-refractivity contribution in [3.8, 4) is 5.75 Å². The van der Waals surface area contributed by atoms with E-state index in [1.165, 1.54) is 18.2 Å². The Bertz CT molecular complexity index is 525. The second-order valence-corrected chi connectivity index (χ2v) is 6.47. The van der Waals surface area contributed by atoms with Gasteiger partial charge in [0.15, 0.2) is 0 Å². The van der Waals surface area contributed by atoms with Crippen molar-refractivity contribution < 1.29 is 19.0 Å². The van der Waals surface area contributed by atoms with E-state index >= 15 is 0 Å². The highest BCUT2D eigenvalue weighted by Crippen LogP contribution is 2.33. The number of hydrogen-bond acceptors (Lipinski definition) is 3. The van der Waals surface area contributed by atoms with Gasteiger partial charge in [-0.1, -0.05) is 0 Å². The van der Waals surface area contributed by atoms with Crippen LogP contribution < -0.4 is 0 Å². The van der Waals surface area contributed by atoms with Gasteiger partial charge >= 0.3 is 6.09 Å². The van der Waals surface area contributed by atoms with E-state index in [0.29, 0.717) is 18.7 Å². The first kappa shape index (κ1) is 15.6. The van der Waals surface area contributed by atoms with Crippen LogP contribution in [0.25, 0.3) is 0 Å². The number of benzene rings is 1. The average molecular weight is 295 g/mol. The van der Waals surface area contributed by atoms with Gasteiger partial charge in [-0.3, -0.25) is 0 Å². The predicted octanol–water partition coefficient (Wildman–Crippen LogP) is 3.65. The number of hydrogen-bond donors (Lipinski definition) is 1. The Morgan fingerprint density at radius 1 is 1.43 bits per heavy atom. The van der Waals surface area contributed by atoms with E-state index in [1.807, 2.05) is 20.8 Å². The highest BCUT2D eigenvalue weighted by molar-refractivity contribution is 5.68. The largest absolute Gasteiger partial charge is 0.508 e. The molecule has 0 aromatic heterocycles. The Kier molecular flexibility index (Phi) is 4.40. The minimum absolute atomic E-state index is 0.0676. The Balaban J connectivity index is 2.10. The van der Waals surface area contributed by atoms with E-state index in [0.717, 1.165) is 12.8 Å². The molecule has 0 radical (unpaired) electrons. The van der Waals surface area contributed by atoms with E-state index in [-0.39, 0.29) is 23.6 Å². The van der Waals surface area contributed by atoms with Gasteiger partial charge in [0.05, 0.1) is 0 Å². The molecule has 0 spiro atoms. The lowest BCUT2D eigenvalue weighted by molar-refractivity contribution is 0.0197. The van der Waals surface area contributed by atoms with Crippen LogP contribution in [0.3, 0.4) is 0 Å². The number of rotatable bonds is 1. The summed E-state index contributed by atoms with van der Waals surface area (Å²) in [6.45, 7) is 6.54. The van der Waals surface area contributed by atoms with Gasteiger partial charge in [0.2, 0.25) is 0 Å². The molecule has 116 valence electrons. The van der Waals surface area contributed by atoms with Crippen LogP contribution >= 0.6 is 0 Å². The zero-order valence-electron chi connectivity index (χ0n) is 12.7. The maximum Gasteiger partial charge on any atom is 0.410 e. The number of ether oxygens (including phenoxy) is 1. The van der Waals surface area contributed by atoms with Crippen LogP contribution in [0, 0.1) is 5.82 Å². The quantitative estimate of drug-likeness (QED) is 0.860. The van der Waals surface area contributed by atoms with Crippen molar-refractivity contribution in [1.82, 2.24) is 4.90 Å². The molecule has 4 nitrogen and oxygen atoms in total. The smallest absolute Gasteiger partial charge is 0.410 e. The van der Waals surface area contributed by atoms with E-state index in [9.17, 15) is 14.3 Å². The first-order valence-electron chi connectivity index (χ1n) is 7.22. The van der Waals surface area contributed by atoms with E-state index in [2.05, 4.69) is 0 Å². The monoisotopic (exact) mass is 295 g/mol. The summed E-state index contributed by atoms with van der Waals surface area (Å²) in [5, 5.41) is 9.90. The molecule has 1 fully saturated rings. The van der Waals surface area contributed by atoms with Crippen LogP contribution in [0.5, 0.6) is 5.75 Å². The van der Waals surface area contributed by atoms with Gasteiger partial charge in [-0.2, -0.15) is 0 Å². The number of amides is 1. The molecule has 0 aliphatic carbocycles. The molecule has 21 heavy (non-hydrogen) atoms. The van der Waals surface area contributed by atoms with Crippen LogP contribution in [0.1, 0.15) is 45.1 Å². The van der Waals surface area contributed by atoms with Crippen molar-refractivity contribution in [1.29, 1.82) is 0 Å². The van der Waals surface area contributed by atoms with E-state index in [4.69, 9.17) is 4.74 Å². The maximum absolute atomic E-state index is 13.4. The minimum Gasteiger partial charge on any atom is -0.508 e. The SMILES string of the molecule is CC(C)(C)OC(=O)N1CCCC(c2cc(F)ccc2O)C1. The maximum atomic E-state index is 13.4. The summed E-state index contributed by atoms with van der Waals surface area (Å²) >= 11 is 0. The fourth-order valence-corrected chi connectivity index (χ4v) is 2.58. The van der Waals surface area contributed by atoms with Gasteiger partial charge in [-0.05, 0) is 51.8 Å². The fourth-order valence-electron chi connectivity index (χ4n) is 2.58. The zero-order chi connectivity index (χ0) is 15.6. The third kappa shape index (κ3) is 4.09. The van der Waals surface area contributed by atoms with Gasteiger partial charge < -0.3 is 14.7 Å². The number of carbonyl (C=O) groups is 1. The topological polar surface area (TPSA) is 49.8 Å². The summed E-state index contributed by atoms with van der Waals surface area (Å²) in [4.78, 5) is 13.7. The number of halogens is 1. The third-order valence-electron chi connectivity index (χ3n) is 3.50.